The van der Waals surface area contributed by atoms with Crippen LogP contribution in [0.1, 0.15) is 29.6 Å². The third-order valence-corrected chi connectivity index (χ3v) is 5.95. The van der Waals surface area contributed by atoms with Crippen LogP contribution in [-0.4, -0.2) is 36.6 Å². The summed E-state index contributed by atoms with van der Waals surface area (Å²) in [6, 6.07) is 14.9. The molecule has 150 valence electrons. The van der Waals surface area contributed by atoms with Crippen LogP contribution >= 0.6 is 11.8 Å². The molecule has 0 aromatic heterocycles. The van der Waals surface area contributed by atoms with E-state index in [0.717, 1.165) is 23.4 Å². The lowest BCUT2D eigenvalue weighted by molar-refractivity contribution is -0.122. The first kappa shape index (κ1) is 19.5. The molecule has 4 rings (SSSR count). The summed E-state index contributed by atoms with van der Waals surface area (Å²) >= 11 is 1.64. The first-order valence-electron chi connectivity index (χ1n) is 9.69. The smallest absolute Gasteiger partial charge is 0.251 e. The summed E-state index contributed by atoms with van der Waals surface area (Å²) in [6.45, 7) is 0.366. The standard InChI is InChI=1S/C22H23N3O3S/c1-29-19-10-8-18(9-11-19)25-13-15(12-20(25)26)22(28)24-16-4-2-14(3-5-16)21(27)23-17-6-7-17/h2-5,8-11,15,17H,6-7,12-13H2,1H3,(H,23,27)(H,24,28). The van der Waals surface area contributed by atoms with Gasteiger partial charge in [0.15, 0.2) is 0 Å². The Morgan fingerprint density at radius 2 is 1.72 bits per heavy atom. The SMILES string of the molecule is CSc1ccc(N2CC(C(=O)Nc3ccc(C(=O)NC4CC4)cc3)CC2=O)cc1. The van der Waals surface area contributed by atoms with Gasteiger partial charge >= 0.3 is 0 Å². The topological polar surface area (TPSA) is 78.5 Å². The summed E-state index contributed by atoms with van der Waals surface area (Å²) in [7, 11) is 0. The number of hydrogen-bond acceptors (Lipinski definition) is 4. The van der Waals surface area contributed by atoms with Gasteiger partial charge in [-0.25, -0.2) is 0 Å². The molecule has 1 heterocycles. The Bertz CT molecular complexity index is 923. The molecule has 1 unspecified atom stereocenters. The van der Waals surface area contributed by atoms with E-state index in [-0.39, 0.29) is 24.1 Å². The van der Waals surface area contributed by atoms with Gasteiger partial charge in [-0.05, 0) is 67.6 Å². The van der Waals surface area contributed by atoms with E-state index in [9.17, 15) is 14.4 Å². The van der Waals surface area contributed by atoms with Crippen molar-refractivity contribution in [3.63, 3.8) is 0 Å². The Kier molecular flexibility index (Phi) is 5.58. The van der Waals surface area contributed by atoms with Crippen molar-refractivity contribution in [1.29, 1.82) is 0 Å². The number of rotatable bonds is 6. The van der Waals surface area contributed by atoms with Gasteiger partial charge in [0.1, 0.15) is 0 Å². The maximum atomic E-state index is 12.6. The van der Waals surface area contributed by atoms with Crippen LogP contribution in [0.3, 0.4) is 0 Å². The molecule has 1 atom stereocenters. The monoisotopic (exact) mass is 409 g/mol. The van der Waals surface area contributed by atoms with Crippen LogP contribution in [0.4, 0.5) is 11.4 Å². The third kappa shape index (κ3) is 4.62. The third-order valence-electron chi connectivity index (χ3n) is 5.21. The minimum Gasteiger partial charge on any atom is -0.349 e. The number of carbonyl (C=O) groups is 3. The van der Waals surface area contributed by atoms with Crippen LogP contribution in [0.5, 0.6) is 0 Å². The zero-order chi connectivity index (χ0) is 20.4. The minimum atomic E-state index is -0.402. The molecular formula is C22H23N3O3S. The van der Waals surface area contributed by atoms with Gasteiger partial charge in [0, 0.05) is 40.8 Å². The van der Waals surface area contributed by atoms with Crippen molar-refractivity contribution < 1.29 is 14.4 Å². The Morgan fingerprint density at radius 3 is 2.34 bits per heavy atom. The van der Waals surface area contributed by atoms with Gasteiger partial charge in [-0.2, -0.15) is 0 Å². The summed E-state index contributed by atoms with van der Waals surface area (Å²) in [5.41, 5.74) is 2.01. The van der Waals surface area contributed by atoms with Gasteiger partial charge in [-0.3, -0.25) is 14.4 Å². The largest absolute Gasteiger partial charge is 0.349 e. The lowest BCUT2D eigenvalue weighted by Gasteiger charge is -2.17. The first-order valence-corrected chi connectivity index (χ1v) is 10.9. The average molecular weight is 410 g/mol. The fourth-order valence-corrected chi connectivity index (χ4v) is 3.75. The normalized spacial score (nSPS) is 18.6. The lowest BCUT2D eigenvalue weighted by Crippen LogP contribution is -2.28. The van der Waals surface area contributed by atoms with Gasteiger partial charge in [-0.15, -0.1) is 11.8 Å². The summed E-state index contributed by atoms with van der Waals surface area (Å²) in [6.07, 6.45) is 4.28. The second-order valence-corrected chi connectivity index (χ2v) is 8.30. The highest BCUT2D eigenvalue weighted by atomic mass is 32.2. The van der Waals surface area contributed by atoms with Crippen molar-refractivity contribution in [2.24, 2.45) is 5.92 Å². The van der Waals surface area contributed by atoms with E-state index in [1.165, 1.54) is 0 Å². The number of benzene rings is 2. The predicted molar refractivity (Wildman–Crippen MR) is 114 cm³/mol. The van der Waals surface area contributed by atoms with Crippen molar-refractivity contribution in [3.8, 4) is 0 Å². The zero-order valence-corrected chi connectivity index (χ0v) is 17.0. The van der Waals surface area contributed by atoms with Crippen LogP contribution < -0.4 is 15.5 Å². The fraction of sp³-hybridized carbons (Fsp3) is 0.318. The average Bonchev–Trinajstić information content (AvgIpc) is 3.47. The minimum absolute atomic E-state index is 0.0471. The number of nitrogens with zero attached hydrogens (tertiary/aromatic N) is 1. The lowest BCUT2D eigenvalue weighted by atomic mass is 10.1. The molecule has 2 aliphatic rings. The Labute approximate surface area is 174 Å². The molecule has 29 heavy (non-hydrogen) atoms. The quantitative estimate of drug-likeness (QED) is 0.718. The molecule has 0 spiro atoms. The van der Waals surface area contributed by atoms with Crippen LogP contribution in [-0.2, 0) is 9.59 Å². The second-order valence-electron chi connectivity index (χ2n) is 7.42. The van der Waals surface area contributed by atoms with Crippen LogP contribution in [0.2, 0.25) is 0 Å². The van der Waals surface area contributed by atoms with Gasteiger partial charge < -0.3 is 15.5 Å². The maximum Gasteiger partial charge on any atom is 0.251 e. The molecule has 0 bridgehead atoms. The first-order chi connectivity index (χ1) is 14.0. The fourth-order valence-electron chi connectivity index (χ4n) is 3.34. The van der Waals surface area contributed by atoms with Crippen molar-refractivity contribution in [3.05, 3.63) is 54.1 Å². The maximum absolute atomic E-state index is 12.6. The zero-order valence-electron chi connectivity index (χ0n) is 16.2. The van der Waals surface area contributed by atoms with E-state index in [1.807, 2.05) is 30.5 Å². The van der Waals surface area contributed by atoms with Gasteiger partial charge in [0.25, 0.3) is 5.91 Å². The number of hydrogen-bond donors (Lipinski definition) is 2. The predicted octanol–water partition coefficient (Wildman–Crippen LogP) is 3.29. The number of amides is 3. The van der Waals surface area contributed by atoms with E-state index in [2.05, 4.69) is 10.6 Å². The van der Waals surface area contributed by atoms with Crippen LogP contribution in [0.15, 0.2) is 53.4 Å². The second kappa shape index (κ2) is 8.29. The van der Waals surface area contributed by atoms with Gasteiger partial charge in [-0.1, -0.05) is 0 Å². The molecule has 6 nitrogen and oxygen atoms in total. The molecule has 2 N–H and O–H groups in total. The number of thioether (sulfide) groups is 1. The van der Waals surface area contributed by atoms with E-state index in [0.29, 0.717) is 23.8 Å². The molecule has 1 saturated carbocycles. The number of anilines is 2. The van der Waals surface area contributed by atoms with E-state index in [1.54, 1.807) is 40.9 Å². The van der Waals surface area contributed by atoms with E-state index >= 15 is 0 Å². The highest BCUT2D eigenvalue weighted by Gasteiger charge is 2.35. The summed E-state index contributed by atoms with van der Waals surface area (Å²) in [5, 5.41) is 5.80. The molecule has 3 amide bonds. The van der Waals surface area contributed by atoms with Crippen molar-refractivity contribution >= 4 is 40.9 Å². The summed E-state index contributed by atoms with van der Waals surface area (Å²) in [5.74, 6) is -0.721. The van der Waals surface area contributed by atoms with Crippen molar-refractivity contribution in [1.82, 2.24) is 5.32 Å². The number of carbonyl (C=O) groups excluding carboxylic acids is 3. The van der Waals surface area contributed by atoms with Crippen LogP contribution in [0, 0.1) is 5.92 Å². The highest BCUT2D eigenvalue weighted by Crippen LogP contribution is 2.28. The van der Waals surface area contributed by atoms with Gasteiger partial charge in [0.2, 0.25) is 11.8 Å². The molecular weight excluding hydrogens is 386 g/mol. The summed E-state index contributed by atoms with van der Waals surface area (Å²) in [4.78, 5) is 39.9. The van der Waals surface area contributed by atoms with Gasteiger partial charge in [0.05, 0.1) is 5.92 Å². The molecule has 2 fully saturated rings. The highest BCUT2D eigenvalue weighted by molar-refractivity contribution is 7.98. The molecule has 2 aromatic rings. The molecule has 1 saturated heterocycles. The molecule has 1 aliphatic heterocycles. The van der Waals surface area contributed by atoms with E-state index in [4.69, 9.17) is 0 Å². The molecule has 7 heteroatoms. The van der Waals surface area contributed by atoms with Crippen LogP contribution in [0.25, 0.3) is 0 Å². The van der Waals surface area contributed by atoms with Crippen molar-refractivity contribution in [2.75, 3.05) is 23.0 Å². The Balaban J connectivity index is 1.35. The number of nitrogens with one attached hydrogen (secondary N) is 2. The molecule has 0 radical (unpaired) electrons. The molecule has 1 aliphatic carbocycles. The Hall–Kier alpha value is -2.80. The molecule has 2 aromatic carbocycles. The van der Waals surface area contributed by atoms with E-state index < -0.39 is 5.92 Å². The Morgan fingerprint density at radius 1 is 1.03 bits per heavy atom. The summed E-state index contributed by atoms with van der Waals surface area (Å²) < 4.78 is 0. The van der Waals surface area contributed by atoms with Crippen molar-refractivity contribution in [2.45, 2.75) is 30.2 Å².